The second-order valence-corrected chi connectivity index (χ2v) is 4.09. The molecule has 0 fully saturated rings. The summed E-state index contributed by atoms with van der Waals surface area (Å²) < 4.78 is 0. The maximum atomic E-state index is 11.5. The van der Waals surface area contributed by atoms with Crippen LogP contribution in [0.3, 0.4) is 0 Å². The van der Waals surface area contributed by atoms with Gasteiger partial charge in [0.25, 0.3) is 0 Å². The Balaban J connectivity index is 2.18. The van der Waals surface area contributed by atoms with E-state index in [0.717, 1.165) is 12.8 Å². The first-order valence-corrected chi connectivity index (χ1v) is 5.24. The Morgan fingerprint density at radius 2 is 2.07 bits per heavy atom. The highest BCUT2D eigenvalue weighted by Crippen LogP contribution is 2.17. The SMILES string of the molecule is CC(CNC(=O)C1CC=CC1)CC(=O)O. The summed E-state index contributed by atoms with van der Waals surface area (Å²) in [5, 5.41) is 11.3. The van der Waals surface area contributed by atoms with Crippen LogP contribution in [0.2, 0.25) is 0 Å². The molecule has 2 N–H and O–H groups in total. The lowest BCUT2D eigenvalue weighted by Gasteiger charge is -2.13. The number of nitrogens with one attached hydrogen (secondary N) is 1. The maximum absolute atomic E-state index is 11.5. The first-order valence-electron chi connectivity index (χ1n) is 5.24. The number of carboxylic acids is 1. The average Bonchev–Trinajstić information content (AvgIpc) is 2.65. The largest absolute Gasteiger partial charge is 0.481 e. The maximum Gasteiger partial charge on any atom is 0.303 e. The Labute approximate surface area is 89.4 Å². The van der Waals surface area contributed by atoms with Gasteiger partial charge in [-0.1, -0.05) is 19.1 Å². The number of aliphatic carboxylic acids is 1. The van der Waals surface area contributed by atoms with Gasteiger partial charge in [-0.15, -0.1) is 0 Å². The van der Waals surface area contributed by atoms with Gasteiger partial charge in [0, 0.05) is 18.9 Å². The van der Waals surface area contributed by atoms with Crippen molar-refractivity contribution in [3.8, 4) is 0 Å². The molecule has 1 aliphatic carbocycles. The normalized spacial score (nSPS) is 17.7. The Morgan fingerprint density at radius 3 is 2.60 bits per heavy atom. The number of carbonyl (C=O) groups excluding carboxylic acids is 1. The molecule has 0 saturated carbocycles. The third kappa shape index (κ3) is 4.14. The van der Waals surface area contributed by atoms with Crippen LogP contribution in [0, 0.1) is 11.8 Å². The van der Waals surface area contributed by atoms with Gasteiger partial charge in [0.1, 0.15) is 0 Å². The number of carboxylic acid groups (broad SMARTS) is 1. The molecule has 4 nitrogen and oxygen atoms in total. The van der Waals surface area contributed by atoms with E-state index in [1.54, 1.807) is 0 Å². The fraction of sp³-hybridized carbons (Fsp3) is 0.636. The van der Waals surface area contributed by atoms with Crippen molar-refractivity contribution < 1.29 is 14.7 Å². The van der Waals surface area contributed by atoms with Gasteiger partial charge in [-0.2, -0.15) is 0 Å². The fourth-order valence-electron chi connectivity index (χ4n) is 1.62. The summed E-state index contributed by atoms with van der Waals surface area (Å²) in [6, 6.07) is 0. The Morgan fingerprint density at radius 1 is 1.47 bits per heavy atom. The van der Waals surface area contributed by atoms with Crippen molar-refractivity contribution in [2.45, 2.75) is 26.2 Å². The summed E-state index contributed by atoms with van der Waals surface area (Å²) in [7, 11) is 0. The highest BCUT2D eigenvalue weighted by molar-refractivity contribution is 5.79. The number of rotatable bonds is 5. The topological polar surface area (TPSA) is 66.4 Å². The van der Waals surface area contributed by atoms with E-state index in [4.69, 9.17) is 5.11 Å². The molecule has 0 aromatic heterocycles. The van der Waals surface area contributed by atoms with E-state index >= 15 is 0 Å². The number of hydrogen-bond acceptors (Lipinski definition) is 2. The molecule has 4 heteroatoms. The number of carbonyl (C=O) groups is 2. The van der Waals surface area contributed by atoms with Crippen LogP contribution >= 0.6 is 0 Å². The van der Waals surface area contributed by atoms with Gasteiger partial charge in [-0.3, -0.25) is 9.59 Å². The summed E-state index contributed by atoms with van der Waals surface area (Å²) in [6.45, 7) is 2.27. The molecule has 1 amide bonds. The molecule has 0 aromatic carbocycles. The second-order valence-electron chi connectivity index (χ2n) is 4.09. The minimum atomic E-state index is -0.820. The predicted molar refractivity (Wildman–Crippen MR) is 56.3 cm³/mol. The molecule has 84 valence electrons. The highest BCUT2D eigenvalue weighted by Gasteiger charge is 2.19. The zero-order chi connectivity index (χ0) is 11.3. The molecule has 0 heterocycles. The van der Waals surface area contributed by atoms with Crippen molar-refractivity contribution in [1.82, 2.24) is 5.32 Å². The molecule has 0 bridgehead atoms. The van der Waals surface area contributed by atoms with Crippen LogP contribution in [0.5, 0.6) is 0 Å². The van der Waals surface area contributed by atoms with Crippen LogP contribution in [-0.2, 0) is 9.59 Å². The van der Waals surface area contributed by atoms with Gasteiger partial charge >= 0.3 is 5.97 Å². The van der Waals surface area contributed by atoms with Crippen LogP contribution in [-0.4, -0.2) is 23.5 Å². The molecular weight excluding hydrogens is 194 g/mol. The van der Waals surface area contributed by atoms with E-state index in [9.17, 15) is 9.59 Å². The zero-order valence-electron chi connectivity index (χ0n) is 8.90. The van der Waals surface area contributed by atoms with Crippen molar-refractivity contribution in [2.24, 2.45) is 11.8 Å². The molecular formula is C11H17NO3. The first kappa shape index (κ1) is 11.8. The average molecular weight is 211 g/mol. The lowest BCUT2D eigenvalue weighted by molar-refractivity contribution is -0.138. The molecule has 15 heavy (non-hydrogen) atoms. The van der Waals surface area contributed by atoms with Gasteiger partial charge in [0.05, 0.1) is 0 Å². The smallest absolute Gasteiger partial charge is 0.303 e. The van der Waals surface area contributed by atoms with E-state index in [1.165, 1.54) is 0 Å². The summed E-state index contributed by atoms with van der Waals surface area (Å²) >= 11 is 0. The molecule has 1 aliphatic rings. The minimum Gasteiger partial charge on any atom is -0.481 e. The number of allylic oxidation sites excluding steroid dienone is 2. The molecule has 1 rings (SSSR count). The monoisotopic (exact) mass is 211 g/mol. The van der Waals surface area contributed by atoms with E-state index in [1.807, 2.05) is 19.1 Å². The standard InChI is InChI=1S/C11H17NO3/c1-8(6-10(13)14)7-12-11(15)9-4-2-3-5-9/h2-3,8-9H,4-7H2,1H3,(H,12,15)(H,13,14). The Hall–Kier alpha value is -1.32. The van der Waals surface area contributed by atoms with Crippen LogP contribution in [0.1, 0.15) is 26.2 Å². The van der Waals surface area contributed by atoms with Crippen LogP contribution in [0.15, 0.2) is 12.2 Å². The van der Waals surface area contributed by atoms with Crippen molar-refractivity contribution in [3.63, 3.8) is 0 Å². The van der Waals surface area contributed by atoms with Crippen molar-refractivity contribution in [3.05, 3.63) is 12.2 Å². The molecule has 0 saturated heterocycles. The van der Waals surface area contributed by atoms with Crippen molar-refractivity contribution >= 4 is 11.9 Å². The fourth-order valence-corrected chi connectivity index (χ4v) is 1.62. The third-order valence-electron chi connectivity index (χ3n) is 2.53. The van der Waals surface area contributed by atoms with E-state index in [0.29, 0.717) is 6.54 Å². The van der Waals surface area contributed by atoms with Crippen molar-refractivity contribution in [1.29, 1.82) is 0 Å². The quantitative estimate of drug-likeness (QED) is 0.671. The molecule has 0 radical (unpaired) electrons. The van der Waals surface area contributed by atoms with Crippen LogP contribution < -0.4 is 5.32 Å². The minimum absolute atomic E-state index is 0.0131. The summed E-state index contributed by atoms with van der Waals surface area (Å²) in [6.07, 6.45) is 5.72. The molecule has 1 unspecified atom stereocenters. The van der Waals surface area contributed by atoms with Crippen molar-refractivity contribution in [2.75, 3.05) is 6.54 Å². The van der Waals surface area contributed by atoms with Crippen LogP contribution in [0.25, 0.3) is 0 Å². The Kier molecular flexibility index (Phi) is 4.34. The zero-order valence-corrected chi connectivity index (χ0v) is 8.90. The van der Waals surface area contributed by atoms with Gasteiger partial charge in [0.2, 0.25) is 5.91 Å². The van der Waals surface area contributed by atoms with Gasteiger partial charge in [-0.25, -0.2) is 0 Å². The Bertz CT molecular complexity index is 265. The van der Waals surface area contributed by atoms with E-state index in [2.05, 4.69) is 5.32 Å². The lowest BCUT2D eigenvalue weighted by Crippen LogP contribution is -2.33. The van der Waals surface area contributed by atoms with Crippen LogP contribution in [0.4, 0.5) is 0 Å². The van der Waals surface area contributed by atoms with Gasteiger partial charge in [0.15, 0.2) is 0 Å². The van der Waals surface area contributed by atoms with Gasteiger partial charge in [-0.05, 0) is 18.8 Å². The lowest BCUT2D eigenvalue weighted by atomic mass is 10.1. The highest BCUT2D eigenvalue weighted by atomic mass is 16.4. The number of amides is 1. The third-order valence-corrected chi connectivity index (χ3v) is 2.53. The van der Waals surface area contributed by atoms with E-state index in [-0.39, 0.29) is 24.2 Å². The summed E-state index contributed by atoms with van der Waals surface area (Å²) in [5.41, 5.74) is 0. The molecule has 0 aromatic rings. The summed E-state index contributed by atoms with van der Waals surface area (Å²) in [5.74, 6) is -0.737. The first-order chi connectivity index (χ1) is 7.09. The van der Waals surface area contributed by atoms with E-state index < -0.39 is 5.97 Å². The van der Waals surface area contributed by atoms with Gasteiger partial charge < -0.3 is 10.4 Å². The predicted octanol–water partition coefficient (Wildman–Crippen LogP) is 1.18. The molecule has 0 spiro atoms. The number of hydrogen-bond donors (Lipinski definition) is 2. The second kappa shape index (κ2) is 5.53. The molecule has 0 aliphatic heterocycles. The summed E-state index contributed by atoms with van der Waals surface area (Å²) in [4.78, 5) is 21.9. The molecule has 1 atom stereocenters.